The first-order valence-corrected chi connectivity index (χ1v) is 7.15. The van der Waals surface area contributed by atoms with E-state index in [-0.39, 0.29) is 24.1 Å². The Balaban J connectivity index is 0.00000324. The highest BCUT2D eigenvalue weighted by Crippen LogP contribution is 2.29. The van der Waals surface area contributed by atoms with Gasteiger partial charge in [-0.05, 0) is 32.0 Å². The fraction of sp³-hybridized carbons (Fsp3) is 0.417. The molecular formula is C12H17Cl3N2OS. The van der Waals surface area contributed by atoms with E-state index in [0.29, 0.717) is 16.6 Å². The molecule has 0 saturated carbocycles. The summed E-state index contributed by atoms with van der Waals surface area (Å²) in [7, 11) is 0. The van der Waals surface area contributed by atoms with Crippen LogP contribution in [0.4, 0.5) is 0 Å². The second kappa shape index (κ2) is 8.22. The molecule has 0 aliphatic rings. The molecule has 0 fully saturated rings. The summed E-state index contributed by atoms with van der Waals surface area (Å²) in [6, 6.07) is 5.17. The molecule has 0 unspecified atom stereocenters. The predicted octanol–water partition coefficient (Wildman–Crippen LogP) is 3.36. The average molecular weight is 344 g/mol. The van der Waals surface area contributed by atoms with E-state index in [1.54, 1.807) is 18.2 Å². The van der Waals surface area contributed by atoms with Crippen LogP contribution < -0.4 is 11.1 Å². The average Bonchev–Trinajstić information content (AvgIpc) is 2.26. The summed E-state index contributed by atoms with van der Waals surface area (Å²) in [4.78, 5) is 12.4. The second-order valence-corrected chi connectivity index (χ2v) is 6.49. The van der Waals surface area contributed by atoms with Gasteiger partial charge in [0.25, 0.3) is 0 Å². The quantitative estimate of drug-likeness (QED) is 0.806. The molecule has 0 spiro atoms. The maximum Gasteiger partial charge on any atom is 0.230 e. The monoisotopic (exact) mass is 342 g/mol. The lowest BCUT2D eigenvalue weighted by Gasteiger charge is -2.18. The predicted molar refractivity (Wildman–Crippen MR) is 85.7 cm³/mol. The minimum atomic E-state index is -0.409. The first-order valence-electron chi connectivity index (χ1n) is 5.41. The SMILES string of the molecule is CC(C)(N)CNC(=O)CSc1cc(Cl)ccc1Cl.Cl. The third kappa shape index (κ3) is 7.90. The van der Waals surface area contributed by atoms with Gasteiger partial charge in [0.05, 0.1) is 10.8 Å². The number of carbonyl (C=O) groups excluding carboxylic acids is 1. The lowest BCUT2D eigenvalue weighted by atomic mass is 10.1. The van der Waals surface area contributed by atoms with E-state index in [1.165, 1.54) is 11.8 Å². The zero-order chi connectivity index (χ0) is 13.8. The zero-order valence-corrected chi connectivity index (χ0v) is 13.8. The Kier molecular flexibility index (Phi) is 8.17. The molecule has 0 aromatic heterocycles. The summed E-state index contributed by atoms with van der Waals surface area (Å²) < 4.78 is 0. The van der Waals surface area contributed by atoms with Gasteiger partial charge in [0.2, 0.25) is 5.91 Å². The Morgan fingerprint density at radius 2 is 2.05 bits per heavy atom. The smallest absolute Gasteiger partial charge is 0.230 e. The van der Waals surface area contributed by atoms with Crippen LogP contribution in [0.15, 0.2) is 23.1 Å². The fourth-order valence-electron chi connectivity index (χ4n) is 1.11. The molecular weight excluding hydrogens is 327 g/mol. The molecule has 19 heavy (non-hydrogen) atoms. The molecule has 0 atom stereocenters. The first kappa shape index (κ1) is 18.9. The van der Waals surface area contributed by atoms with E-state index in [1.807, 2.05) is 13.8 Å². The molecule has 1 aromatic carbocycles. The number of benzene rings is 1. The normalized spacial score (nSPS) is 10.8. The number of hydrogen-bond acceptors (Lipinski definition) is 3. The van der Waals surface area contributed by atoms with Crippen molar-refractivity contribution in [3.63, 3.8) is 0 Å². The molecule has 0 radical (unpaired) electrons. The van der Waals surface area contributed by atoms with Gasteiger partial charge in [0.1, 0.15) is 0 Å². The second-order valence-electron chi connectivity index (χ2n) is 4.63. The van der Waals surface area contributed by atoms with Gasteiger partial charge in [-0.1, -0.05) is 23.2 Å². The minimum absolute atomic E-state index is 0. The van der Waals surface area contributed by atoms with Crippen LogP contribution in [0.25, 0.3) is 0 Å². The Morgan fingerprint density at radius 1 is 1.42 bits per heavy atom. The molecule has 0 bridgehead atoms. The maximum absolute atomic E-state index is 11.6. The maximum atomic E-state index is 11.6. The largest absolute Gasteiger partial charge is 0.354 e. The molecule has 0 heterocycles. The Labute approximate surface area is 134 Å². The van der Waals surface area contributed by atoms with Crippen LogP contribution in [-0.2, 0) is 4.79 Å². The third-order valence-corrected chi connectivity index (χ3v) is 3.73. The molecule has 3 nitrogen and oxygen atoms in total. The van der Waals surface area contributed by atoms with Crippen LogP contribution in [0.3, 0.4) is 0 Å². The molecule has 0 saturated heterocycles. The highest BCUT2D eigenvalue weighted by atomic mass is 35.5. The van der Waals surface area contributed by atoms with Crippen molar-refractivity contribution in [1.29, 1.82) is 0 Å². The first-order chi connectivity index (χ1) is 8.28. The molecule has 108 valence electrons. The number of nitrogens with two attached hydrogens (primary N) is 1. The van der Waals surface area contributed by atoms with Gasteiger partial charge in [-0.2, -0.15) is 0 Å². The number of hydrogen-bond donors (Lipinski definition) is 2. The van der Waals surface area contributed by atoms with Crippen molar-refractivity contribution in [2.24, 2.45) is 5.73 Å². The van der Waals surface area contributed by atoms with Gasteiger partial charge in [0.15, 0.2) is 0 Å². The van der Waals surface area contributed by atoms with Gasteiger partial charge in [-0.3, -0.25) is 4.79 Å². The van der Waals surface area contributed by atoms with Gasteiger partial charge >= 0.3 is 0 Å². The molecule has 0 aliphatic carbocycles. The van der Waals surface area contributed by atoms with E-state index < -0.39 is 5.54 Å². The standard InChI is InChI=1S/C12H16Cl2N2OS.ClH/c1-12(2,15)7-16-11(17)6-18-10-5-8(13)3-4-9(10)14;/h3-5H,6-7,15H2,1-2H3,(H,16,17);1H. The van der Waals surface area contributed by atoms with E-state index in [4.69, 9.17) is 28.9 Å². The molecule has 3 N–H and O–H groups in total. The lowest BCUT2D eigenvalue weighted by Crippen LogP contribution is -2.45. The van der Waals surface area contributed by atoms with Crippen molar-refractivity contribution in [1.82, 2.24) is 5.32 Å². The summed E-state index contributed by atoms with van der Waals surface area (Å²) >= 11 is 13.2. The van der Waals surface area contributed by atoms with Crippen LogP contribution in [0.5, 0.6) is 0 Å². The molecule has 1 amide bonds. The van der Waals surface area contributed by atoms with Crippen LogP contribution in [0.2, 0.25) is 10.0 Å². The topological polar surface area (TPSA) is 55.1 Å². The molecule has 1 aromatic rings. The van der Waals surface area contributed by atoms with Crippen molar-refractivity contribution in [3.05, 3.63) is 28.2 Å². The van der Waals surface area contributed by atoms with Crippen molar-refractivity contribution >= 4 is 53.3 Å². The number of nitrogens with one attached hydrogen (secondary N) is 1. The van der Waals surface area contributed by atoms with Gasteiger partial charge < -0.3 is 11.1 Å². The Hall–Kier alpha value is -0.130. The van der Waals surface area contributed by atoms with E-state index in [9.17, 15) is 4.79 Å². The number of carbonyl (C=O) groups is 1. The van der Waals surface area contributed by atoms with Crippen LogP contribution in [0.1, 0.15) is 13.8 Å². The molecule has 1 rings (SSSR count). The van der Waals surface area contributed by atoms with Gasteiger partial charge in [-0.15, -0.1) is 24.2 Å². The zero-order valence-electron chi connectivity index (χ0n) is 10.7. The van der Waals surface area contributed by atoms with E-state index in [0.717, 1.165) is 4.90 Å². The Morgan fingerprint density at radius 3 is 2.63 bits per heavy atom. The summed E-state index contributed by atoms with van der Waals surface area (Å²) in [5.74, 6) is 0.213. The fourth-order valence-corrected chi connectivity index (χ4v) is 2.43. The third-order valence-electron chi connectivity index (χ3n) is 1.99. The number of halogens is 3. The van der Waals surface area contributed by atoms with Gasteiger partial charge in [-0.25, -0.2) is 0 Å². The minimum Gasteiger partial charge on any atom is -0.354 e. The highest BCUT2D eigenvalue weighted by molar-refractivity contribution is 8.00. The molecule has 0 aliphatic heterocycles. The number of rotatable bonds is 5. The Bertz CT molecular complexity index is 435. The summed E-state index contributed by atoms with van der Waals surface area (Å²) in [6.45, 7) is 4.15. The van der Waals surface area contributed by atoms with Crippen LogP contribution in [-0.4, -0.2) is 23.7 Å². The molecule has 7 heteroatoms. The van der Waals surface area contributed by atoms with Crippen molar-refractivity contribution in [2.45, 2.75) is 24.3 Å². The van der Waals surface area contributed by atoms with E-state index in [2.05, 4.69) is 5.32 Å². The van der Waals surface area contributed by atoms with Crippen molar-refractivity contribution < 1.29 is 4.79 Å². The summed E-state index contributed by atoms with van der Waals surface area (Å²) in [5.41, 5.74) is 5.37. The summed E-state index contributed by atoms with van der Waals surface area (Å²) in [5, 5.41) is 3.96. The van der Waals surface area contributed by atoms with Crippen molar-refractivity contribution in [2.75, 3.05) is 12.3 Å². The van der Waals surface area contributed by atoms with E-state index >= 15 is 0 Å². The van der Waals surface area contributed by atoms with Crippen LogP contribution in [0, 0.1) is 0 Å². The highest BCUT2D eigenvalue weighted by Gasteiger charge is 2.12. The lowest BCUT2D eigenvalue weighted by molar-refractivity contribution is -0.118. The van der Waals surface area contributed by atoms with Crippen molar-refractivity contribution in [3.8, 4) is 0 Å². The van der Waals surface area contributed by atoms with Gasteiger partial charge in [0, 0.05) is 22.0 Å². The summed E-state index contributed by atoms with van der Waals surface area (Å²) in [6.07, 6.45) is 0. The van der Waals surface area contributed by atoms with Crippen LogP contribution >= 0.6 is 47.4 Å². The number of amides is 1. The number of thioether (sulfide) groups is 1.